The van der Waals surface area contributed by atoms with Crippen LogP contribution in [0.25, 0.3) is 0 Å². The van der Waals surface area contributed by atoms with E-state index in [-0.39, 0.29) is 0 Å². The predicted molar refractivity (Wildman–Crippen MR) is 77.8 cm³/mol. The zero-order chi connectivity index (χ0) is 12.8. The first-order chi connectivity index (χ1) is 8.86. The Morgan fingerprint density at radius 2 is 2.22 bits per heavy atom. The zero-order valence-electron chi connectivity index (χ0n) is 11.7. The SMILES string of the molecule is C=CN1C2=CCC(NCCCCCC)=C1CCC2. The van der Waals surface area contributed by atoms with E-state index in [0.717, 1.165) is 13.0 Å². The number of fused-ring (bicyclic) bond motifs is 2. The third-order valence-corrected chi connectivity index (χ3v) is 3.89. The van der Waals surface area contributed by atoms with Crippen molar-refractivity contribution in [3.05, 3.63) is 35.9 Å². The first kappa shape index (κ1) is 13.3. The molecule has 2 bridgehead atoms. The number of allylic oxidation sites excluding steroid dienone is 3. The van der Waals surface area contributed by atoms with Crippen LogP contribution in [0.1, 0.15) is 58.3 Å². The molecule has 0 aromatic heterocycles. The Balaban J connectivity index is 1.89. The van der Waals surface area contributed by atoms with Crippen LogP contribution in [0.5, 0.6) is 0 Å². The van der Waals surface area contributed by atoms with Gasteiger partial charge in [-0.15, -0.1) is 0 Å². The third-order valence-electron chi connectivity index (χ3n) is 3.89. The average molecular weight is 246 g/mol. The van der Waals surface area contributed by atoms with Crippen LogP contribution in [0.3, 0.4) is 0 Å². The zero-order valence-corrected chi connectivity index (χ0v) is 11.7. The maximum Gasteiger partial charge on any atom is 0.0415 e. The van der Waals surface area contributed by atoms with E-state index in [0.29, 0.717) is 0 Å². The highest BCUT2D eigenvalue weighted by Gasteiger charge is 2.24. The third kappa shape index (κ3) is 2.98. The monoisotopic (exact) mass is 246 g/mol. The van der Waals surface area contributed by atoms with E-state index in [4.69, 9.17) is 0 Å². The molecule has 1 N–H and O–H groups in total. The minimum absolute atomic E-state index is 1.09. The molecular formula is C16H26N2. The van der Waals surface area contributed by atoms with E-state index in [1.807, 2.05) is 6.20 Å². The number of rotatable bonds is 7. The van der Waals surface area contributed by atoms with E-state index in [2.05, 4.69) is 29.8 Å². The lowest BCUT2D eigenvalue weighted by atomic mass is 9.96. The highest BCUT2D eigenvalue weighted by atomic mass is 15.2. The Bertz CT molecular complexity index is 352. The van der Waals surface area contributed by atoms with Gasteiger partial charge in [0.15, 0.2) is 0 Å². The standard InChI is InChI=1S/C16H26N2/c1-3-5-6-7-13-17-15-12-11-14-9-8-10-16(15)18(14)4-2/h4,11,17H,2-3,5-10,12-13H2,1H3. The van der Waals surface area contributed by atoms with Gasteiger partial charge in [-0.1, -0.05) is 38.8 Å². The molecule has 2 heteroatoms. The number of unbranched alkanes of at least 4 members (excludes halogenated alkanes) is 3. The summed E-state index contributed by atoms with van der Waals surface area (Å²) in [4.78, 5) is 2.29. The van der Waals surface area contributed by atoms with Gasteiger partial charge in [-0.3, -0.25) is 0 Å². The van der Waals surface area contributed by atoms with Crippen molar-refractivity contribution in [1.82, 2.24) is 10.2 Å². The second kappa shape index (κ2) is 6.67. The normalized spacial score (nSPS) is 18.7. The number of nitrogens with zero attached hydrogens (tertiary/aromatic N) is 1. The molecule has 0 aromatic rings. The van der Waals surface area contributed by atoms with E-state index in [9.17, 15) is 0 Å². The molecule has 0 spiro atoms. The van der Waals surface area contributed by atoms with E-state index in [1.165, 1.54) is 62.0 Å². The van der Waals surface area contributed by atoms with Crippen molar-refractivity contribution in [1.29, 1.82) is 0 Å². The molecule has 0 aromatic carbocycles. The van der Waals surface area contributed by atoms with Gasteiger partial charge in [-0.25, -0.2) is 0 Å². The molecule has 0 radical (unpaired) electrons. The molecule has 0 saturated carbocycles. The van der Waals surface area contributed by atoms with Crippen LogP contribution < -0.4 is 5.32 Å². The van der Waals surface area contributed by atoms with Gasteiger partial charge in [-0.05, 0) is 25.7 Å². The van der Waals surface area contributed by atoms with Crippen molar-refractivity contribution in [2.45, 2.75) is 58.3 Å². The van der Waals surface area contributed by atoms with Gasteiger partial charge in [0.1, 0.15) is 0 Å². The summed E-state index contributed by atoms with van der Waals surface area (Å²) in [5.74, 6) is 0. The van der Waals surface area contributed by atoms with Gasteiger partial charge < -0.3 is 10.2 Å². The Hall–Kier alpha value is -1.18. The van der Waals surface area contributed by atoms with Gasteiger partial charge >= 0.3 is 0 Å². The maximum atomic E-state index is 3.95. The summed E-state index contributed by atoms with van der Waals surface area (Å²) in [6.07, 6.45) is 14.4. The van der Waals surface area contributed by atoms with Crippen molar-refractivity contribution in [3.63, 3.8) is 0 Å². The minimum atomic E-state index is 1.09. The fourth-order valence-electron chi connectivity index (χ4n) is 2.88. The van der Waals surface area contributed by atoms with Crippen LogP contribution >= 0.6 is 0 Å². The quantitative estimate of drug-likeness (QED) is 0.674. The van der Waals surface area contributed by atoms with Crippen molar-refractivity contribution < 1.29 is 0 Å². The Morgan fingerprint density at radius 1 is 1.33 bits per heavy atom. The summed E-state index contributed by atoms with van der Waals surface area (Å²) in [7, 11) is 0. The molecule has 2 aliphatic rings. The Kier molecular flexibility index (Phi) is 4.91. The summed E-state index contributed by atoms with van der Waals surface area (Å²) in [6, 6.07) is 0. The molecule has 1 saturated heterocycles. The van der Waals surface area contributed by atoms with Gasteiger partial charge in [0.2, 0.25) is 0 Å². The van der Waals surface area contributed by atoms with Gasteiger partial charge in [0, 0.05) is 36.3 Å². The molecule has 2 nitrogen and oxygen atoms in total. The molecule has 0 unspecified atom stereocenters. The molecule has 2 heterocycles. The molecule has 1 fully saturated rings. The number of hydrogen-bond donors (Lipinski definition) is 1. The molecular weight excluding hydrogens is 220 g/mol. The van der Waals surface area contributed by atoms with Crippen LogP contribution in [-0.2, 0) is 0 Å². The molecule has 0 aliphatic carbocycles. The minimum Gasteiger partial charge on any atom is -0.387 e. The summed E-state index contributed by atoms with van der Waals surface area (Å²) in [5, 5.41) is 3.65. The summed E-state index contributed by atoms with van der Waals surface area (Å²) < 4.78 is 0. The van der Waals surface area contributed by atoms with Crippen LogP contribution in [0, 0.1) is 0 Å². The number of piperidine rings is 1. The van der Waals surface area contributed by atoms with Crippen molar-refractivity contribution >= 4 is 0 Å². The summed E-state index contributed by atoms with van der Waals surface area (Å²) in [5.41, 5.74) is 4.34. The topological polar surface area (TPSA) is 15.3 Å². The maximum absolute atomic E-state index is 3.95. The Morgan fingerprint density at radius 3 is 3.00 bits per heavy atom. The molecule has 2 aliphatic heterocycles. The predicted octanol–water partition coefficient (Wildman–Crippen LogP) is 4.28. The smallest absolute Gasteiger partial charge is 0.0415 e. The first-order valence-corrected chi connectivity index (χ1v) is 7.43. The number of hydrogen-bond acceptors (Lipinski definition) is 2. The average Bonchev–Trinajstić information content (AvgIpc) is 2.40. The van der Waals surface area contributed by atoms with E-state index >= 15 is 0 Å². The lowest BCUT2D eigenvalue weighted by molar-refractivity contribution is 0.429. The van der Waals surface area contributed by atoms with Crippen molar-refractivity contribution in [3.8, 4) is 0 Å². The second-order valence-electron chi connectivity index (χ2n) is 5.22. The molecule has 18 heavy (non-hydrogen) atoms. The molecule has 0 atom stereocenters. The van der Waals surface area contributed by atoms with E-state index in [1.54, 1.807) is 0 Å². The number of nitrogens with one attached hydrogen (secondary N) is 1. The fourth-order valence-corrected chi connectivity index (χ4v) is 2.88. The summed E-state index contributed by atoms with van der Waals surface area (Å²) >= 11 is 0. The lowest BCUT2D eigenvalue weighted by Gasteiger charge is -2.36. The highest BCUT2D eigenvalue weighted by Crippen LogP contribution is 2.35. The van der Waals surface area contributed by atoms with Gasteiger partial charge in [-0.2, -0.15) is 0 Å². The van der Waals surface area contributed by atoms with Crippen LogP contribution in [0.4, 0.5) is 0 Å². The van der Waals surface area contributed by atoms with E-state index < -0.39 is 0 Å². The molecule has 2 rings (SSSR count). The van der Waals surface area contributed by atoms with Gasteiger partial charge in [0.25, 0.3) is 0 Å². The van der Waals surface area contributed by atoms with Crippen LogP contribution in [0.15, 0.2) is 35.9 Å². The first-order valence-electron chi connectivity index (χ1n) is 7.43. The fraction of sp³-hybridized carbons (Fsp3) is 0.625. The Labute approximate surface area is 111 Å². The van der Waals surface area contributed by atoms with Gasteiger partial charge in [0.05, 0.1) is 0 Å². The van der Waals surface area contributed by atoms with Crippen molar-refractivity contribution in [2.75, 3.05) is 6.54 Å². The van der Waals surface area contributed by atoms with Crippen LogP contribution in [-0.4, -0.2) is 11.4 Å². The summed E-state index contributed by atoms with van der Waals surface area (Å²) in [6.45, 7) is 7.32. The highest BCUT2D eigenvalue weighted by molar-refractivity contribution is 5.30. The van der Waals surface area contributed by atoms with Crippen molar-refractivity contribution in [2.24, 2.45) is 0 Å². The molecule has 100 valence electrons. The van der Waals surface area contributed by atoms with Crippen LogP contribution in [0.2, 0.25) is 0 Å². The lowest BCUT2D eigenvalue weighted by Crippen LogP contribution is -2.30. The largest absolute Gasteiger partial charge is 0.387 e. The molecule has 0 amide bonds. The second-order valence-corrected chi connectivity index (χ2v) is 5.22.